The van der Waals surface area contributed by atoms with Crippen LogP contribution >= 0.6 is 11.6 Å². The Balaban J connectivity index is 2.83. The van der Waals surface area contributed by atoms with E-state index in [-0.39, 0.29) is 29.6 Å². The molecule has 2 nitrogen and oxygen atoms in total. The highest BCUT2D eigenvalue weighted by Crippen LogP contribution is 2.22. The number of rotatable bonds is 5. The molecule has 0 bridgehead atoms. The molecule has 0 aromatic heterocycles. The van der Waals surface area contributed by atoms with E-state index in [4.69, 9.17) is 11.6 Å². The first-order valence-electron chi connectivity index (χ1n) is 6.07. The third-order valence-electron chi connectivity index (χ3n) is 2.87. The van der Waals surface area contributed by atoms with Crippen LogP contribution in [0.3, 0.4) is 0 Å². The van der Waals surface area contributed by atoms with Crippen LogP contribution in [0.1, 0.15) is 32.4 Å². The van der Waals surface area contributed by atoms with Crippen molar-refractivity contribution in [1.82, 2.24) is 5.32 Å². The number of hydrogen-bond donors (Lipinski definition) is 1. The fraction of sp³-hybridized carbons (Fsp3) is 0.500. The second-order valence-electron chi connectivity index (χ2n) is 4.84. The maximum Gasteiger partial charge on any atom is 0.224 e. The van der Waals surface area contributed by atoms with Crippen molar-refractivity contribution >= 4 is 17.5 Å². The maximum absolute atomic E-state index is 12.9. The minimum absolute atomic E-state index is 0.0759. The summed E-state index contributed by atoms with van der Waals surface area (Å²) in [5.41, 5.74) is 0.904. The van der Waals surface area contributed by atoms with Gasteiger partial charge in [-0.05, 0) is 23.6 Å². The summed E-state index contributed by atoms with van der Waals surface area (Å²) in [5, 5.41) is 2.96. The molecule has 0 saturated carbocycles. The lowest BCUT2D eigenvalue weighted by Crippen LogP contribution is -2.35. The molecular formula is C14H19ClFNO. The van der Waals surface area contributed by atoms with Crippen LogP contribution < -0.4 is 5.32 Å². The van der Waals surface area contributed by atoms with Crippen molar-refractivity contribution in [2.24, 2.45) is 11.8 Å². The predicted molar refractivity (Wildman–Crippen MR) is 72.0 cm³/mol. The van der Waals surface area contributed by atoms with Gasteiger partial charge in [0.1, 0.15) is 5.82 Å². The second kappa shape index (κ2) is 6.74. The van der Waals surface area contributed by atoms with E-state index < -0.39 is 0 Å². The van der Waals surface area contributed by atoms with E-state index in [0.717, 1.165) is 5.56 Å². The first-order chi connectivity index (χ1) is 8.45. The summed E-state index contributed by atoms with van der Waals surface area (Å²) in [6.45, 7) is 5.81. The Kier molecular flexibility index (Phi) is 5.60. The van der Waals surface area contributed by atoms with Gasteiger partial charge in [0, 0.05) is 11.8 Å². The van der Waals surface area contributed by atoms with Gasteiger partial charge in [-0.1, -0.05) is 32.9 Å². The second-order valence-corrected chi connectivity index (χ2v) is 5.15. The molecule has 0 saturated heterocycles. The number of nitrogens with one attached hydrogen (secondary N) is 1. The van der Waals surface area contributed by atoms with E-state index in [1.807, 2.05) is 13.8 Å². The molecule has 4 heteroatoms. The lowest BCUT2D eigenvalue weighted by atomic mass is 9.95. The first-order valence-corrected chi connectivity index (χ1v) is 6.61. The van der Waals surface area contributed by atoms with Gasteiger partial charge in [-0.25, -0.2) is 4.39 Å². The van der Waals surface area contributed by atoms with Crippen molar-refractivity contribution in [3.05, 3.63) is 35.6 Å². The molecule has 2 atom stereocenters. The SMILES string of the molecule is CC(CCl)C(=O)NC(c1ccc(F)cc1)C(C)C. The van der Waals surface area contributed by atoms with E-state index >= 15 is 0 Å². The van der Waals surface area contributed by atoms with Crippen LogP contribution in [0, 0.1) is 17.7 Å². The number of carbonyl (C=O) groups excluding carboxylic acids is 1. The quantitative estimate of drug-likeness (QED) is 0.816. The van der Waals surface area contributed by atoms with Crippen LogP contribution in [0.5, 0.6) is 0 Å². The fourth-order valence-electron chi connectivity index (χ4n) is 1.67. The van der Waals surface area contributed by atoms with Crippen molar-refractivity contribution in [2.75, 3.05) is 5.88 Å². The Morgan fingerprint density at radius 3 is 2.28 bits per heavy atom. The minimum atomic E-state index is -0.276. The smallest absolute Gasteiger partial charge is 0.224 e. The molecular weight excluding hydrogens is 253 g/mol. The molecule has 18 heavy (non-hydrogen) atoms. The number of hydrogen-bond acceptors (Lipinski definition) is 1. The van der Waals surface area contributed by atoms with Crippen molar-refractivity contribution in [2.45, 2.75) is 26.8 Å². The van der Waals surface area contributed by atoms with E-state index in [0.29, 0.717) is 5.88 Å². The molecule has 1 rings (SSSR count). The van der Waals surface area contributed by atoms with Crippen LogP contribution in [0.25, 0.3) is 0 Å². The van der Waals surface area contributed by atoms with Gasteiger partial charge >= 0.3 is 0 Å². The topological polar surface area (TPSA) is 29.1 Å². The molecule has 0 spiro atoms. The molecule has 0 aliphatic rings. The Bertz CT molecular complexity index is 391. The van der Waals surface area contributed by atoms with Gasteiger partial charge in [0.15, 0.2) is 0 Å². The number of amides is 1. The van der Waals surface area contributed by atoms with E-state index in [9.17, 15) is 9.18 Å². The minimum Gasteiger partial charge on any atom is -0.349 e. The molecule has 1 N–H and O–H groups in total. The highest BCUT2D eigenvalue weighted by molar-refractivity contribution is 6.19. The molecule has 0 radical (unpaired) electrons. The summed E-state index contributed by atoms with van der Waals surface area (Å²) in [6.07, 6.45) is 0. The average molecular weight is 272 g/mol. The Morgan fingerprint density at radius 1 is 1.28 bits per heavy atom. The first kappa shape index (κ1) is 15.0. The molecule has 0 aliphatic heterocycles. The summed E-state index contributed by atoms with van der Waals surface area (Å²) < 4.78 is 12.9. The molecule has 0 heterocycles. The predicted octanol–water partition coefficient (Wildman–Crippen LogP) is 3.51. The van der Waals surface area contributed by atoms with Crippen molar-refractivity contribution in [1.29, 1.82) is 0 Å². The third kappa shape index (κ3) is 3.98. The number of halogens is 2. The molecule has 100 valence electrons. The number of carbonyl (C=O) groups is 1. The van der Waals surface area contributed by atoms with Gasteiger partial charge in [-0.15, -0.1) is 11.6 Å². The average Bonchev–Trinajstić information content (AvgIpc) is 2.35. The summed E-state index contributed by atoms with van der Waals surface area (Å²) in [7, 11) is 0. The molecule has 2 unspecified atom stereocenters. The van der Waals surface area contributed by atoms with Crippen molar-refractivity contribution < 1.29 is 9.18 Å². The van der Waals surface area contributed by atoms with Crippen LogP contribution in [0.2, 0.25) is 0 Å². The molecule has 1 aromatic rings. The van der Waals surface area contributed by atoms with Crippen LogP contribution in [-0.4, -0.2) is 11.8 Å². The highest BCUT2D eigenvalue weighted by atomic mass is 35.5. The lowest BCUT2D eigenvalue weighted by molar-refractivity contribution is -0.125. The van der Waals surface area contributed by atoms with Gasteiger partial charge in [0.25, 0.3) is 0 Å². The molecule has 1 amide bonds. The van der Waals surface area contributed by atoms with Gasteiger partial charge in [0.05, 0.1) is 6.04 Å². The van der Waals surface area contributed by atoms with E-state index in [2.05, 4.69) is 5.32 Å². The molecule has 0 aliphatic carbocycles. The maximum atomic E-state index is 12.9. The Labute approximate surface area is 113 Å². The lowest BCUT2D eigenvalue weighted by Gasteiger charge is -2.24. The largest absolute Gasteiger partial charge is 0.349 e. The zero-order valence-electron chi connectivity index (χ0n) is 10.9. The Hall–Kier alpha value is -1.09. The van der Waals surface area contributed by atoms with E-state index in [1.54, 1.807) is 19.1 Å². The highest BCUT2D eigenvalue weighted by Gasteiger charge is 2.21. The summed E-state index contributed by atoms with van der Waals surface area (Å²) in [5.74, 6) is -0.0647. The van der Waals surface area contributed by atoms with Crippen molar-refractivity contribution in [3.63, 3.8) is 0 Å². The normalized spacial score (nSPS) is 14.3. The monoisotopic (exact) mass is 271 g/mol. The fourth-order valence-corrected chi connectivity index (χ4v) is 1.81. The van der Waals surface area contributed by atoms with Crippen LogP contribution in [-0.2, 0) is 4.79 Å². The molecule has 1 aromatic carbocycles. The summed E-state index contributed by atoms with van der Waals surface area (Å²) in [4.78, 5) is 11.9. The number of alkyl halides is 1. The standard InChI is InChI=1S/C14H19ClFNO/c1-9(2)13(17-14(18)10(3)8-15)11-4-6-12(16)7-5-11/h4-7,9-10,13H,8H2,1-3H3,(H,17,18). The van der Waals surface area contributed by atoms with Crippen LogP contribution in [0.4, 0.5) is 4.39 Å². The van der Waals surface area contributed by atoms with Gasteiger partial charge in [-0.3, -0.25) is 4.79 Å². The number of benzene rings is 1. The summed E-state index contributed by atoms with van der Waals surface area (Å²) in [6, 6.07) is 6.09. The van der Waals surface area contributed by atoms with Gasteiger partial charge in [-0.2, -0.15) is 0 Å². The van der Waals surface area contributed by atoms with E-state index in [1.165, 1.54) is 12.1 Å². The third-order valence-corrected chi connectivity index (χ3v) is 3.34. The van der Waals surface area contributed by atoms with Gasteiger partial charge < -0.3 is 5.32 Å². The zero-order valence-corrected chi connectivity index (χ0v) is 11.7. The Morgan fingerprint density at radius 2 is 1.83 bits per heavy atom. The van der Waals surface area contributed by atoms with Gasteiger partial charge in [0.2, 0.25) is 5.91 Å². The van der Waals surface area contributed by atoms with Crippen LogP contribution in [0.15, 0.2) is 24.3 Å². The van der Waals surface area contributed by atoms with Crippen molar-refractivity contribution in [3.8, 4) is 0 Å². The molecule has 0 fully saturated rings. The zero-order chi connectivity index (χ0) is 13.7. The summed E-state index contributed by atoms with van der Waals surface area (Å²) >= 11 is 5.67.